The average molecular weight is 144 g/mol. The smallest absolute Gasteiger partial charge is 0.106 e. The molecule has 2 atom stereocenters. The number of fused-ring (bicyclic) bond motifs is 2. The van der Waals surface area contributed by atoms with Crippen LogP contribution in [0.5, 0.6) is 0 Å². The highest BCUT2D eigenvalue weighted by atomic mass is 19.1. The van der Waals surface area contributed by atoms with Crippen molar-refractivity contribution < 1.29 is 9.50 Å². The Morgan fingerprint density at radius 2 is 1.60 bits per heavy atom. The van der Waals surface area contributed by atoms with E-state index in [9.17, 15) is 9.50 Å². The Balaban J connectivity index is 2.09. The van der Waals surface area contributed by atoms with Crippen LogP contribution in [0.3, 0.4) is 0 Å². The molecule has 0 spiro atoms. The topological polar surface area (TPSA) is 20.2 Å². The second-order valence-electron chi connectivity index (χ2n) is 3.67. The molecule has 2 heteroatoms. The van der Waals surface area contributed by atoms with Crippen LogP contribution in [0.15, 0.2) is 0 Å². The van der Waals surface area contributed by atoms with Gasteiger partial charge in [0.1, 0.15) is 6.17 Å². The molecule has 2 aliphatic carbocycles. The fraction of sp³-hybridized carbons (Fsp3) is 1.00. The lowest BCUT2D eigenvalue weighted by Gasteiger charge is -2.27. The van der Waals surface area contributed by atoms with Gasteiger partial charge in [0.2, 0.25) is 0 Å². The van der Waals surface area contributed by atoms with E-state index in [1.165, 1.54) is 0 Å². The molecule has 0 aliphatic heterocycles. The Hall–Kier alpha value is -0.110. The van der Waals surface area contributed by atoms with Crippen LogP contribution in [0.1, 0.15) is 25.7 Å². The number of halogens is 1. The first-order valence-electron chi connectivity index (χ1n) is 4.09. The van der Waals surface area contributed by atoms with Crippen molar-refractivity contribution in [1.82, 2.24) is 0 Å². The monoisotopic (exact) mass is 144 g/mol. The lowest BCUT2D eigenvalue weighted by atomic mass is 9.85. The van der Waals surface area contributed by atoms with Gasteiger partial charge in [0.15, 0.2) is 0 Å². The second-order valence-corrected chi connectivity index (χ2v) is 3.67. The van der Waals surface area contributed by atoms with E-state index in [1.807, 2.05) is 0 Å². The minimum absolute atomic E-state index is 0.189. The van der Waals surface area contributed by atoms with Crippen LogP contribution in [0.25, 0.3) is 0 Å². The molecule has 0 unspecified atom stereocenters. The molecule has 2 saturated carbocycles. The van der Waals surface area contributed by atoms with Crippen LogP contribution >= 0.6 is 0 Å². The zero-order valence-electron chi connectivity index (χ0n) is 5.96. The summed E-state index contributed by atoms with van der Waals surface area (Å²) < 4.78 is 13.1. The van der Waals surface area contributed by atoms with Crippen molar-refractivity contribution in [3.63, 3.8) is 0 Å². The summed E-state index contributed by atoms with van der Waals surface area (Å²) in [5.41, 5.74) is 0. The van der Waals surface area contributed by atoms with Crippen molar-refractivity contribution in [3.8, 4) is 0 Å². The molecule has 2 fully saturated rings. The van der Waals surface area contributed by atoms with Crippen molar-refractivity contribution in [2.75, 3.05) is 0 Å². The van der Waals surface area contributed by atoms with Crippen LogP contribution in [-0.2, 0) is 0 Å². The van der Waals surface area contributed by atoms with E-state index in [2.05, 4.69) is 0 Å². The van der Waals surface area contributed by atoms with E-state index >= 15 is 0 Å². The summed E-state index contributed by atoms with van der Waals surface area (Å²) >= 11 is 0. The van der Waals surface area contributed by atoms with E-state index in [-0.39, 0.29) is 17.9 Å². The van der Waals surface area contributed by atoms with Crippen molar-refractivity contribution >= 4 is 0 Å². The van der Waals surface area contributed by atoms with Gasteiger partial charge >= 0.3 is 0 Å². The van der Waals surface area contributed by atoms with E-state index in [1.54, 1.807) is 0 Å². The molecule has 2 rings (SSSR count). The largest absolute Gasteiger partial charge is 0.393 e. The lowest BCUT2D eigenvalue weighted by molar-refractivity contribution is 0.0431. The molecule has 2 aliphatic rings. The maximum Gasteiger partial charge on any atom is 0.106 e. The lowest BCUT2D eigenvalue weighted by Crippen LogP contribution is -2.29. The SMILES string of the molecule is OC1C[C@@H]2CC[C@@H](C1)C2F. The molecular weight excluding hydrogens is 131 g/mol. The summed E-state index contributed by atoms with van der Waals surface area (Å²) in [6.07, 6.45) is 2.62. The molecular formula is C8H13FO. The normalized spacial score (nSPS) is 53.4. The predicted molar refractivity (Wildman–Crippen MR) is 36.4 cm³/mol. The predicted octanol–water partition coefficient (Wildman–Crippen LogP) is 1.51. The standard InChI is InChI=1S/C8H13FO/c9-8-5-1-2-6(8)4-7(10)3-5/h5-8,10H,1-4H2/t5-,6-,7?,8?/m0/s1. The molecule has 1 nitrogen and oxygen atoms in total. The maximum absolute atomic E-state index is 13.1. The Bertz CT molecular complexity index is 123. The van der Waals surface area contributed by atoms with E-state index in [4.69, 9.17) is 0 Å². The molecule has 0 aromatic rings. The third-order valence-electron chi connectivity index (χ3n) is 2.96. The zero-order valence-corrected chi connectivity index (χ0v) is 5.96. The van der Waals surface area contributed by atoms with Crippen molar-refractivity contribution in [1.29, 1.82) is 0 Å². The molecule has 10 heavy (non-hydrogen) atoms. The highest BCUT2D eigenvalue weighted by molar-refractivity contribution is 4.92. The number of alkyl halides is 1. The summed E-state index contributed by atoms with van der Waals surface area (Å²) in [4.78, 5) is 0. The molecule has 1 N–H and O–H groups in total. The van der Waals surface area contributed by atoms with Gasteiger partial charge in [-0.1, -0.05) is 0 Å². The van der Waals surface area contributed by atoms with Gasteiger partial charge in [-0.3, -0.25) is 0 Å². The number of hydrogen-bond acceptors (Lipinski definition) is 1. The minimum atomic E-state index is -0.594. The van der Waals surface area contributed by atoms with Gasteiger partial charge in [0.05, 0.1) is 6.10 Å². The summed E-state index contributed by atoms with van der Waals surface area (Å²) in [5, 5.41) is 9.24. The fourth-order valence-corrected chi connectivity index (χ4v) is 2.42. The third kappa shape index (κ3) is 0.858. The number of hydrogen-bond donors (Lipinski definition) is 1. The molecule has 58 valence electrons. The van der Waals surface area contributed by atoms with Crippen molar-refractivity contribution in [2.24, 2.45) is 11.8 Å². The highest BCUT2D eigenvalue weighted by Gasteiger charge is 2.42. The Labute approximate surface area is 60.2 Å². The third-order valence-corrected chi connectivity index (χ3v) is 2.96. The summed E-state index contributed by atoms with van der Waals surface area (Å²) in [5.74, 6) is 0.377. The van der Waals surface area contributed by atoms with Crippen LogP contribution in [0, 0.1) is 11.8 Å². The average Bonchev–Trinajstić information content (AvgIpc) is 2.20. The van der Waals surface area contributed by atoms with Gasteiger partial charge in [-0.05, 0) is 37.5 Å². The van der Waals surface area contributed by atoms with Gasteiger partial charge < -0.3 is 5.11 Å². The molecule has 0 aromatic carbocycles. The first kappa shape index (κ1) is 6.59. The zero-order chi connectivity index (χ0) is 7.14. The van der Waals surface area contributed by atoms with Crippen molar-refractivity contribution in [2.45, 2.75) is 38.0 Å². The second kappa shape index (κ2) is 2.19. The van der Waals surface area contributed by atoms with Gasteiger partial charge in [0.25, 0.3) is 0 Å². The highest BCUT2D eigenvalue weighted by Crippen LogP contribution is 2.43. The summed E-state index contributed by atoms with van der Waals surface area (Å²) in [6, 6.07) is 0. The Kier molecular flexibility index (Phi) is 1.44. The number of aliphatic hydroxyl groups excluding tert-OH is 1. The molecule has 0 heterocycles. The fourth-order valence-electron chi connectivity index (χ4n) is 2.42. The number of aliphatic hydroxyl groups is 1. The first-order valence-corrected chi connectivity index (χ1v) is 4.09. The van der Waals surface area contributed by atoms with E-state index in [0.717, 1.165) is 12.8 Å². The molecule has 0 amide bonds. The molecule has 0 saturated heterocycles. The van der Waals surface area contributed by atoms with Crippen LogP contribution < -0.4 is 0 Å². The van der Waals surface area contributed by atoms with E-state index < -0.39 is 6.17 Å². The van der Waals surface area contributed by atoms with Gasteiger partial charge in [-0.25, -0.2) is 4.39 Å². The van der Waals surface area contributed by atoms with Gasteiger partial charge in [-0.2, -0.15) is 0 Å². The quantitative estimate of drug-likeness (QED) is 0.546. The number of rotatable bonds is 0. The molecule has 0 aromatic heterocycles. The summed E-state index contributed by atoms with van der Waals surface area (Å²) in [7, 11) is 0. The van der Waals surface area contributed by atoms with Crippen molar-refractivity contribution in [3.05, 3.63) is 0 Å². The molecule has 0 radical (unpaired) electrons. The minimum Gasteiger partial charge on any atom is -0.393 e. The van der Waals surface area contributed by atoms with Gasteiger partial charge in [-0.15, -0.1) is 0 Å². The molecule has 2 bridgehead atoms. The Morgan fingerprint density at radius 3 is 2.10 bits per heavy atom. The van der Waals surface area contributed by atoms with Crippen LogP contribution in [-0.4, -0.2) is 17.4 Å². The van der Waals surface area contributed by atoms with E-state index in [0.29, 0.717) is 12.8 Å². The van der Waals surface area contributed by atoms with Crippen LogP contribution in [0.2, 0.25) is 0 Å². The Morgan fingerprint density at radius 1 is 1.10 bits per heavy atom. The summed E-state index contributed by atoms with van der Waals surface area (Å²) in [6.45, 7) is 0. The maximum atomic E-state index is 13.1. The van der Waals surface area contributed by atoms with Gasteiger partial charge in [0, 0.05) is 0 Å². The van der Waals surface area contributed by atoms with Crippen LogP contribution in [0.4, 0.5) is 4.39 Å². The first-order chi connectivity index (χ1) is 4.77.